The van der Waals surface area contributed by atoms with Crippen molar-refractivity contribution >= 4 is 39.0 Å². The third-order valence-electron chi connectivity index (χ3n) is 6.45. The maximum absolute atomic E-state index is 13.0. The van der Waals surface area contributed by atoms with Gasteiger partial charge in [-0.05, 0) is 60.7 Å². The zero-order valence-electron chi connectivity index (χ0n) is 19.7. The zero-order chi connectivity index (χ0) is 25.0. The molecule has 4 rings (SSSR count). The van der Waals surface area contributed by atoms with Crippen molar-refractivity contribution in [3.8, 4) is 11.5 Å². The van der Waals surface area contributed by atoms with Crippen molar-refractivity contribution in [3.63, 3.8) is 0 Å². The lowest BCUT2D eigenvalue weighted by Gasteiger charge is -2.32. The average molecular weight is 561 g/mol. The van der Waals surface area contributed by atoms with Gasteiger partial charge in [-0.15, -0.1) is 0 Å². The number of fused-ring (bicyclic) bond motifs is 1. The van der Waals surface area contributed by atoms with E-state index in [1.54, 1.807) is 12.1 Å². The van der Waals surface area contributed by atoms with Crippen molar-refractivity contribution in [3.05, 3.63) is 75.3 Å². The summed E-state index contributed by atoms with van der Waals surface area (Å²) in [5.74, 6) is 0.809. The number of rotatable bonds is 9. The van der Waals surface area contributed by atoms with Gasteiger partial charge in [0, 0.05) is 16.4 Å². The van der Waals surface area contributed by atoms with E-state index in [1.165, 1.54) is 0 Å². The van der Waals surface area contributed by atoms with Crippen LogP contribution in [0.25, 0.3) is 6.08 Å². The van der Waals surface area contributed by atoms with Gasteiger partial charge in [-0.25, -0.2) is 8.42 Å². The van der Waals surface area contributed by atoms with Gasteiger partial charge in [-0.2, -0.15) is 0 Å². The molecular weight excluding hydrogens is 531 g/mol. The summed E-state index contributed by atoms with van der Waals surface area (Å²) in [6.07, 6.45) is 4.49. The van der Waals surface area contributed by atoms with Crippen LogP contribution in [0.1, 0.15) is 38.2 Å². The molecule has 0 amide bonds. The number of ether oxygens (including phenoxy) is 1. The van der Waals surface area contributed by atoms with Crippen molar-refractivity contribution in [2.24, 2.45) is 0 Å². The number of allylic oxidation sites excluding steroid dienone is 1. The molecule has 0 unspecified atom stereocenters. The van der Waals surface area contributed by atoms with Crippen LogP contribution in [0.4, 0.5) is 0 Å². The standard InChI is InChI=1S/C26H30BBrO6S/c1-2-6-18(13-19-14-21(28)10-11-23(19)29)9-12-24-26-20(16-33-22-7-4-3-5-8-22)17-35(31,32)25(26)15-27(30)34-24/h3-5,7-8,10-11,13-14,24-25,29-30H,2,6,9,12,15-17H2,1H3/b18-13+/t24-,25+/m1/s1. The van der Waals surface area contributed by atoms with Gasteiger partial charge in [0.25, 0.3) is 0 Å². The Bertz CT molecular complexity index is 1210. The lowest BCUT2D eigenvalue weighted by molar-refractivity contribution is 0.168. The van der Waals surface area contributed by atoms with Crippen LogP contribution in [-0.4, -0.2) is 49.4 Å². The van der Waals surface area contributed by atoms with Gasteiger partial charge in [0.05, 0.1) is 17.1 Å². The highest BCUT2D eigenvalue weighted by Crippen LogP contribution is 2.40. The zero-order valence-corrected chi connectivity index (χ0v) is 22.1. The number of hydrogen-bond acceptors (Lipinski definition) is 6. The topological polar surface area (TPSA) is 93.1 Å². The molecule has 0 aliphatic carbocycles. The quantitative estimate of drug-likeness (QED) is 0.324. The predicted molar refractivity (Wildman–Crippen MR) is 142 cm³/mol. The molecule has 0 spiro atoms. The maximum atomic E-state index is 13.0. The number of phenolic OH excluding ortho intramolecular Hbond substituents is 1. The monoisotopic (exact) mass is 560 g/mol. The molecule has 1 saturated heterocycles. The van der Waals surface area contributed by atoms with Gasteiger partial charge < -0.3 is 19.5 Å². The average Bonchev–Trinajstić information content (AvgIpc) is 3.09. The second-order valence-corrected chi connectivity index (χ2v) is 12.2. The minimum Gasteiger partial charge on any atom is -0.507 e. The Morgan fingerprint density at radius 3 is 2.74 bits per heavy atom. The Kier molecular flexibility index (Phi) is 8.42. The van der Waals surface area contributed by atoms with E-state index in [9.17, 15) is 18.5 Å². The fourth-order valence-corrected chi connectivity index (χ4v) is 7.34. The van der Waals surface area contributed by atoms with E-state index in [2.05, 4.69) is 22.9 Å². The van der Waals surface area contributed by atoms with Crippen molar-refractivity contribution in [1.82, 2.24) is 0 Å². The minimum atomic E-state index is -3.42. The van der Waals surface area contributed by atoms with E-state index in [4.69, 9.17) is 9.39 Å². The fraction of sp³-hybridized carbons (Fsp3) is 0.385. The maximum Gasteiger partial charge on any atom is 0.456 e. The summed E-state index contributed by atoms with van der Waals surface area (Å²) >= 11 is 3.45. The van der Waals surface area contributed by atoms with Crippen LogP contribution < -0.4 is 4.74 Å². The van der Waals surface area contributed by atoms with Gasteiger partial charge in [0.2, 0.25) is 0 Å². The van der Waals surface area contributed by atoms with Crippen LogP contribution in [0, 0.1) is 0 Å². The summed E-state index contributed by atoms with van der Waals surface area (Å²) in [5, 5.41) is 19.9. The van der Waals surface area contributed by atoms with Gasteiger partial charge in [-0.3, -0.25) is 0 Å². The molecule has 0 radical (unpaired) electrons. The van der Waals surface area contributed by atoms with Crippen LogP contribution >= 0.6 is 15.9 Å². The van der Waals surface area contributed by atoms with Crippen LogP contribution in [0.15, 0.2) is 69.7 Å². The van der Waals surface area contributed by atoms with E-state index in [0.717, 1.165) is 39.6 Å². The van der Waals surface area contributed by atoms with Crippen molar-refractivity contribution in [1.29, 1.82) is 0 Å². The molecule has 1 fully saturated rings. The molecule has 0 aromatic heterocycles. The van der Waals surface area contributed by atoms with Gasteiger partial charge in [0.1, 0.15) is 18.1 Å². The molecule has 9 heteroatoms. The fourth-order valence-electron chi connectivity index (χ4n) is 4.86. The molecule has 0 saturated carbocycles. The third-order valence-corrected chi connectivity index (χ3v) is 9.01. The molecule has 2 aromatic carbocycles. The number of phenols is 1. The molecule has 2 aromatic rings. The Hall–Kier alpha value is -2.07. The highest BCUT2D eigenvalue weighted by Gasteiger charge is 2.48. The molecule has 2 aliphatic rings. The molecular formula is C26H30BBrO6S. The van der Waals surface area contributed by atoms with Gasteiger partial charge in [0.15, 0.2) is 9.84 Å². The van der Waals surface area contributed by atoms with Crippen molar-refractivity contribution in [2.75, 3.05) is 12.4 Å². The summed E-state index contributed by atoms with van der Waals surface area (Å²) in [4.78, 5) is 0. The second kappa shape index (κ2) is 11.3. The summed E-state index contributed by atoms with van der Waals surface area (Å²) in [7, 11) is -4.54. The van der Waals surface area contributed by atoms with Gasteiger partial charge in [-0.1, -0.05) is 59.1 Å². The number of hydrogen-bond donors (Lipinski definition) is 2. The van der Waals surface area contributed by atoms with Crippen LogP contribution in [-0.2, 0) is 14.5 Å². The molecule has 2 aliphatic heterocycles. The molecule has 2 atom stereocenters. The molecule has 0 bridgehead atoms. The number of para-hydroxylation sites is 1. The summed E-state index contributed by atoms with van der Waals surface area (Å²) in [6, 6.07) is 14.6. The van der Waals surface area contributed by atoms with Crippen LogP contribution in [0.2, 0.25) is 6.32 Å². The number of sulfone groups is 1. The number of benzene rings is 2. The lowest BCUT2D eigenvalue weighted by Crippen LogP contribution is -2.42. The second-order valence-electron chi connectivity index (χ2n) is 9.07. The lowest BCUT2D eigenvalue weighted by atomic mass is 9.74. The highest BCUT2D eigenvalue weighted by molar-refractivity contribution is 9.10. The largest absolute Gasteiger partial charge is 0.507 e. The first-order valence-corrected chi connectivity index (χ1v) is 14.4. The van der Waals surface area contributed by atoms with E-state index < -0.39 is 28.3 Å². The van der Waals surface area contributed by atoms with Crippen LogP contribution in [0.5, 0.6) is 11.5 Å². The van der Waals surface area contributed by atoms with E-state index in [1.807, 2.05) is 42.5 Å². The molecule has 6 nitrogen and oxygen atoms in total. The Morgan fingerprint density at radius 2 is 2.00 bits per heavy atom. The molecule has 2 N–H and O–H groups in total. The minimum absolute atomic E-state index is 0.0482. The Labute approximate surface area is 215 Å². The van der Waals surface area contributed by atoms with Crippen molar-refractivity contribution in [2.45, 2.75) is 50.3 Å². The first kappa shape index (κ1) is 26.0. The first-order valence-electron chi connectivity index (χ1n) is 11.9. The van der Waals surface area contributed by atoms with E-state index >= 15 is 0 Å². The summed E-state index contributed by atoms with van der Waals surface area (Å²) in [6.45, 7) is 2.27. The molecule has 2 heterocycles. The SMILES string of the molecule is CCC/C(=C\c1cc(Br)ccc1O)CC[C@H]1OB(O)C[C@H]2C1=C(COc1ccccc1)CS2(=O)=O. The predicted octanol–water partition coefficient (Wildman–Crippen LogP) is 5.17. The third kappa shape index (κ3) is 6.39. The first-order chi connectivity index (χ1) is 16.8. The van der Waals surface area contributed by atoms with Gasteiger partial charge >= 0.3 is 7.12 Å². The normalized spacial score (nSPS) is 21.8. The smallest absolute Gasteiger partial charge is 0.456 e. The highest BCUT2D eigenvalue weighted by atomic mass is 79.9. The van der Waals surface area contributed by atoms with Crippen molar-refractivity contribution < 1.29 is 27.9 Å². The summed E-state index contributed by atoms with van der Waals surface area (Å²) < 4.78 is 38.6. The Balaban J connectivity index is 1.57. The van der Waals surface area contributed by atoms with E-state index in [0.29, 0.717) is 18.6 Å². The molecule has 186 valence electrons. The number of aromatic hydroxyl groups is 1. The van der Waals surface area contributed by atoms with E-state index in [-0.39, 0.29) is 24.4 Å². The summed E-state index contributed by atoms with van der Waals surface area (Å²) in [5.41, 5.74) is 3.32. The molecule has 35 heavy (non-hydrogen) atoms. The number of halogens is 1. The Morgan fingerprint density at radius 1 is 1.23 bits per heavy atom. The van der Waals surface area contributed by atoms with Crippen LogP contribution in [0.3, 0.4) is 0 Å².